The molecular formula is C16H25N3O2. The second-order valence-corrected chi connectivity index (χ2v) is 5.74. The number of hydrogen-bond acceptors (Lipinski definition) is 3. The van der Waals surface area contributed by atoms with Gasteiger partial charge < -0.3 is 20.6 Å². The van der Waals surface area contributed by atoms with Crippen LogP contribution in [0.1, 0.15) is 30.9 Å². The Morgan fingerprint density at radius 2 is 2.24 bits per heavy atom. The van der Waals surface area contributed by atoms with Crippen LogP contribution in [0.4, 0.5) is 10.5 Å². The molecule has 1 aromatic rings. The summed E-state index contributed by atoms with van der Waals surface area (Å²) in [5.74, 6) is 0. The molecule has 0 spiro atoms. The van der Waals surface area contributed by atoms with Gasteiger partial charge in [0, 0.05) is 32.4 Å². The highest BCUT2D eigenvalue weighted by Crippen LogP contribution is 2.26. The maximum Gasteiger partial charge on any atom is 0.315 e. The van der Waals surface area contributed by atoms with Crippen LogP contribution in [0.3, 0.4) is 0 Å². The molecule has 5 nitrogen and oxygen atoms in total. The van der Waals surface area contributed by atoms with Crippen LogP contribution in [0.2, 0.25) is 0 Å². The number of carbonyl (C=O) groups excluding carboxylic acids is 1. The summed E-state index contributed by atoms with van der Waals surface area (Å²) in [5, 5.41) is 14.7. The summed E-state index contributed by atoms with van der Waals surface area (Å²) in [5.41, 5.74) is 3.78. The van der Waals surface area contributed by atoms with Crippen LogP contribution in [0.25, 0.3) is 0 Å². The molecule has 1 unspecified atom stereocenters. The van der Waals surface area contributed by atoms with E-state index in [0.717, 1.165) is 18.5 Å². The van der Waals surface area contributed by atoms with Crippen LogP contribution in [-0.2, 0) is 13.0 Å². The van der Waals surface area contributed by atoms with Gasteiger partial charge in [0.2, 0.25) is 0 Å². The molecule has 0 saturated carbocycles. The quantitative estimate of drug-likeness (QED) is 0.773. The lowest BCUT2D eigenvalue weighted by Crippen LogP contribution is -2.36. The van der Waals surface area contributed by atoms with Crippen molar-refractivity contribution in [2.24, 2.45) is 0 Å². The molecule has 1 aromatic carbocycles. The average Bonchev–Trinajstić information content (AvgIpc) is 2.45. The molecule has 0 aromatic heterocycles. The van der Waals surface area contributed by atoms with E-state index in [1.165, 1.54) is 17.7 Å². The van der Waals surface area contributed by atoms with Crippen molar-refractivity contribution in [1.82, 2.24) is 10.6 Å². The summed E-state index contributed by atoms with van der Waals surface area (Å²) in [6, 6.07) is 6.19. The number of nitrogens with one attached hydrogen (secondary N) is 2. The van der Waals surface area contributed by atoms with Gasteiger partial charge in [0.25, 0.3) is 0 Å². The minimum Gasteiger partial charge on any atom is -0.393 e. The van der Waals surface area contributed by atoms with Gasteiger partial charge in [-0.2, -0.15) is 0 Å². The monoisotopic (exact) mass is 291 g/mol. The number of anilines is 1. The molecule has 0 radical (unpaired) electrons. The Bertz CT molecular complexity index is 488. The maximum atomic E-state index is 11.6. The molecule has 1 atom stereocenters. The van der Waals surface area contributed by atoms with Gasteiger partial charge in [0.15, 0.2) is 0 Å². The molecule has 3 N–H and O–H groups in total. The lowest BCUT2D eigenvalue weighted by atomic mass is 9.99. The van der Waals surface area contributed by atoms with Crippen molar-refractivity contribution >= 4 is 11.7 Å². The van der Waals surface area contributed by atoms with E-state index in [-0.39, 0.29) is 12.1 Å². The molecule has 0 aliphatic carbocycles. The number of benzene rings is 1. The largest absolute Gasteiger partial charge is 0.393 e. The zero-order valence-corrected chi connectivity index (χ0v) is 12.9. The summed E-state index contributed by atoms with van der Waals surface area (Å²) in [6.45, 7) is 3.83. The first-order valence-corrected chi connectivity index (χ1v) is 7.59. The summed E-state index contributed by atoms with van der Waals surface area (Å²) in [7, 11) is 2.12. The lowest BCUT2D eigenvalue weighted by molar-refractivity contribution is 0.183. The fraction of sp³-hybridized carbons (Fsp3) is 0.562. The Kier molecular flexibility index (Phi) is 5.44. The first-order chi connectivity index (χ1) is 10.1. The van der Waals surface area contributed by atoms with Crippen LogP contribution < -0.4 is 15.5 Å². The second-order valence-electron chi connectivity index (χ2n) is 5.74. The molecule has 1 aliphatic heterocycles. The number of fused-ring (bicyclic) bond motifs is 1. The number of rotatable bonds is 5. The molecular weight excluding hydrogens is 266 g/mol. The molecule has 116 valence electrons. The molecule has 2 rings (SSSR count). The van der Waals surface area contributed by atoms with E-state index in [1.54, 1.807) is 6.92 Å². The van der Waals surface area contributed by atoms with Crippen LogP contribution in [0.15, 0.2) is 18.2 Å². The number of nitrogens with zero attached hydrogens (tertiary/aromatic N) is 1. The maximum absolute atomic E-state index is 11.6. The number of aryl methyl sites for hydroxylation is 1. The van der Waals surface area contributed by atoms with Crippen LogP contribution in [0, 0.1) is 0 Å². The minimum atomic E-state index is -0.386. The zero-order chi connectivity index (χ0) is 15.2. The smallest absolute Gasteiger partial charge is 0.315 e. The SMILES string of the molecule is CC(O)CCNC(=O)NCc1ccc2c(c1)CCCN2C. The number of aliphatic hydroxyl groups excluding tert-OH is 1. The van der Waals surface area contributed by atoms with E-state index in [2.05, 4.69) is 40.8 Å². The van der Waals surface area contributed by atoms with Crippen molar-refractivity contribution < 1.29 is 9.90 Å². The van der Waals surface area contributed by atoms with Crippen molar-refractivity contribution in [3.8, 4) is 0 Å². The number of carbonyl (C=O) groups is 1. The second kappa shape index (κ2) is 7.31. The Morgan fingerprint density at radius 3 is 3.00 bits per heavy atom. The topological polar surface area (TPSA) is 64.6 Å². The van der Waals surface area contributed by atoms with Gasteiger partial charge in [-0.1, -0.05) is 12.1 Å². The molecule has 0 saturated heterocycles. The highest BCUT2D eigenvalue weighted by Gasteiger charge is 2.13. The first-order valence-electron chi connectivity index (χ1n) is 7.59. The Morgan fingerprint density at radius 1 is 1.43 bits per heavy atom. The standard InChI is InChI=1S/C16H25N3O2/c1-12(20)7-8-17-16(21)18-11-13-5-6-15-14(10-13)4-3-9-19(15)2/h5-6,10,12,20H,3-4,7-9,11H2,1-2H3,(H2,17,18,21). The summed E-state index contributed by atoms with van der Waals surface area (Å²) >= 11 is 0. The summed E-state index contributed by atoms with van der Waals surface area (Å²) in [4.78, 5) is 13.9. The Balaban J connectivity index is 1.82. The van der Waals surface area contributed by atoms with E-state index in [0.29, 0.717) is 19.5 Å². The van der Waals surface area contributed by atoms with Crippen molar-refractivity contribution in [1.29, 1.82) is 0 Å². The number of amides is 2. The van der Waals surface area contributed by atoms with E-state index in [4.69, 9.17) is 5.11 Å². The van der Waals surface area contributed by atoms with E-state index < -0.39 is 0 Å². The van der Waals surface area contributed by atoms with Crippen molar-refractivity contribution in [2.75, 3.05) is 25.0 Å². The van der Waals surface area contributed by atoms with Gasteiger partial charge in [-0.3, -0.25) is 0 Å². The molecule has 21 heavy (non-hydrogen) atoms. The highest BCUT2D eigenvalue weighted by atomic mass is 16.3. The third kappa shape index (κ3) is 4.63. The van der Waals surface area contributed by atoms with Gasteiger partial charge in [-0.25, -0.2) is 4.79 Å². The molecule has 1 heterocycles. The predicted molar refractivity (Wildman–Crippen MR) is 84.6 cm³/mol. The lowest BCUT2D eigenvalue weighted by Gasteiger charge is -2.27. The van der Waals surface area contributed by atoms with Crippen molar-refractivity contribution in [2.45, 2.75) is 38.8 Å². The van der Waals surface area contributed by atoms with Crippen LogP contribution in [0.5, 0.6) is 0 Å². The first kappa shape index (κ1) is 15.6. The summed E-state index contributed by atoms with van der Waals surface area (Å²) in [6.07, 6.45) is 2.47. The zero-order valence-electron chi connectivity index (χ0n) is 12.9. The van der Waals surface area contributed by atoms with E-state index in [9.17, 15) is 4.79 Å². The normalized spacial score (nSPS) is 15.3. The van der Waals surface area contributed by atoms with Gasteiger partial charge in [0.05, 0.1) is 6.10 Å². The number of urea groups is 1. The Labute approximate surface area is 126 Å². The van der Waals surface area contributed by atoms with Gasteiger partial charge in [-0.05, 0) is 43.4 Å². The average molecular weight is 291 g/mol. The number of hydrogen-bond donors (Lipinski definition) is 3. The van der Waals surface area contributed by atoms with Crippen LogP contribution >= 0.6 is 0 Å². The molecule has 0 bridgehead atoms. The molecule has 2 amide bonds. The Hall–Kier alpha value is -1.75. The third-order valence-electron chi connectivity index (χ3n) is 3.80. The van der Waals surface area contributed by atoms with Crippen molar-refractivity contribution in [3.05, 3.63) is 29.3 Å². The third-order valence-corrected chi connectivity index (χ3v) is 3.80. The molecule has 5 heteroatoms. The minimum absolute atomic E-state index is 0.189. The van der Waals surface area contributed by atoms with Gasteiger partial charge in [-0.15, -0.1) is 0 Å². The van der Waals surface area contributed by atoms with Crippen LogP contribution in [-0.4, -0.2) is 37.4 Å². The fourth-order valence-corrected chi connectivity index (χ4v) is 2.59. The predicted octanol–water partition coefficient (Wildman–Crippen LogP) is 1.64. The van der Waals surface area contributed by atoms with Gasteiger partial charge >= 0.3 is 6.03 Å². The van der Waals surface area contributed by atoms with E-state index >= 15 is 0 Å². The fourth-order valence-electron chi connectivity index (χ4n) is 2.59. The number of aliphatic hydroxyl groups is 1. The molecule has 0 fully saturated rings. The van der Waals surface area contributed by atoms with E-state index in [1.807, 2.05) is 0 Å². The molecule has 1 aliphatic rings. The summed E-state index contributed by atoms with van der Waals surface area (Å²) < 4.78 is 0. The van der Waals surface area contributed by atoms with Gasteiger partial charge in [0.1, 0.15) is 0 Å². The highest BCUT2D eigenvalue weighted by molar-refractivity contribution is 5.73. The van der Waals surface area contributed by atoms with Crippen molar-refractivity contribution in [3.63, 3.8) is 0 Å².